The van der Waals surface area contributed by atoms with Gasteiger partial charge in [-0.05, 0) is 71.2 Å². The molecule has 0 atom stereocenters. The Kier molecular flexibility index (Phi) is 4.97. The molecule has 1 fully saturated rings. The van der Waals surface area contributed by atoms with Crippen LogP contribution in [0, 0.1) is 0 Å². The van der Waals surface area contributed by atoms with Crippen LogP contribution >= 0.6 is 0 Å². The summed E-state index contributed by atoms with van der Waals surface area (Å²) in [6.45, 7) is 11.7. The third-order valence-electron chi connectivity index (χ3n) is 6.30. The molecule has 0 bridgehead atoms. The van der Waals surface area contributed by atoms with Gasteiger partial charge in [-0.3, -0.25) is 4.68 Å². The predicted molar refractivity (Wildman–Crippen MR) is 127 cm³/mol. The Bertz CT molecular complexity index is 1300. The highest BCUT2D eigenvalue weighted by molar-refractivity contribution is 5.79. The van der Waals surface area contributed by atoms with Crippen molar-refractivity contribution in [3.05, 3.63) is 36.7 Å². The lowest BCUT2D eigenvalue weighted by Gasteiger charge is -2.46. The average molecular weight is 447 g/mol. The van der Waals surface area contributed by atoms with Crippen molar-refractivity contribution < 1.29 is 5.11 Å². The molecule has 0 spiro atoms. The van der Waals surface area contributed by atoms with E-state index in [9.17, 15) is 5.11 Å². The molecule has 1 aliphatic heterocycles. The second-order valence-corrected chi connectivity index (χ2v) is 10.2. The monoisotopic (exact) mass is 446 g/mol. The summed E-state index contributed by atoms with van der Waals surface area (Å²) in [4.78, 5) is 0. The second-order valence-electron chi connectivity index (χ2n) is 10.2. The van der Waals surface area contributed by atoms with Gasteiger partial charge >= 0.3 is 0 Å². The highest BCUT2D eigenvalue weighted by Gasteiger charge is 2.39. The molecule has 5 rings (SSSR count). The summed E-state index contributed by atoms with van der Waals surface area (Å²) < 4.78 is 3.76. The van der Waals surface area contributed by atoms with Gasteiger partial charge in [-0.2, -0.15) is 5.10 Å². The number of aromatic nitrogens is 7. The van der Waals surface area contributed by atoms with E-state index in [4.69, 9.17) is 0 Å². The number of hydrogen-bond donors (Lipinski definition) is 2. The molecular formula is C24H30N8O. The van der Waals surface area contributed by atoms with Crippen LogP contribution in [-0.4, -0.2) is 51.2 Å². The van der Waals surface area contributed by atoms with Crippen LogP contribution < -0.4 is 5.32 Å². The number of nitrogens with zero attached hydrogens (tertiary/aromatic N) is 7. The first-order valence-electron chi connectivity index (χ1n) is 11.4. The maximum atomic E-state index is 10.7. The topological polar surface area (TPSA) is 107 Å². The van der Waals surface area contributed by atoms with Gasteiger partial charge in [0.1, 0.15) is 11.3 Å². The Hall–Kier alpha value is -3.33. The smallest absolute Gasteiger partial charge is 0.201 e. The Labute approximate surface area is 192 Å². The van der Waals surface area contributed by atoms with Crippen LogP contribution in [-0.2, 0) is 6.54 Å². The van der Waals surface area contributed by atoms with E-state index in [-0.39, 0.29) is 22.9 Å². The van der Waals surface area contributed by atoms with E-state index in [0.29, 0.717) is 22.4 Å². The number of piperidine rings is 1. The van der Waals surface area contributed by atoms with Gasteiger partial charge in [-0.1, -0.05) is 11.3 Å². The molecule has 172 valence electrons. The maximum Gasteiger partial charge on any atom is 0.201 e. The molecular weight excluding hydrogens is 416 g/mol. The van der Waals surface area contributed by atoms with E-state index in [1.54, 1.807) is 12.3 Å². The first-order chi connectivity index (χ1) is 15.6. The van der Waals surface area contributed by atoms with Crippen molar-refractivity contribution in [2.24, 2.45) is 0 Å². The molecule has 4 aromatic rings. The van der Waals surface area contributed by atoms with Crippen molar-refractivity contribution in [1.29, 1.82) is 0 Å². The van der Waals surface area contributed by atoms with Crippen molar-refractivity contribution in [3.8, 4) is 28.1 Å². The van der Waals surface area contributed by atoms with Crippen LogP contribution in [0.4, 0.5) is 0 Å². The van der Waals surface area contributed by atoms with Gasteiger partial charge in [0.05, 0.1) is 17.9 Å². The second kappa shape index (κ2) is 7.62. The molecule has 9 nitrogen and oxygen atoms in total. The summed E-state index contributed by atoms with van der Waals surface area (Å²) in [5.74, 6) is 0.139. The van der Waals surface area contributed by atoms with Crippen LogP contribution in [0.2, 0.25) is 0 Å². The first kappa shape index (κ1) is 21.5. The number of benzene rings is 1. The lowest BCUT2D eigenvalue weighted by atomic mass is 9.80. The van der Waals surface area contributed by atoms with Crippen LogP contribution in [0.15, 0.2) is 36.7 Å². The Balaban J connectivity index is 1.46. The SMILES string of the molecule is CCn1cc(-c2ccc(-c3cc4nnn(C5CC(C)(C)NC(C)(C)C5)c4nn3)c(O)c2)cn1. The first-order valence-corrected chi connectivity index (χ1v) is 11.4. The number of phenols is 1. The number of hydrogen-bond acceptors (Lipinski definition) is 7. The lowest BCUT2D eigenvalue weighted by Crippen LogP contribution is -2.58. The zero-order valence-corrected chi connectivity index (χ0v) is 19.7. The van der Waals surface area contributed by atoms with Gasteiger partial charge < -0.3 is 10.4 Å². The number of fused-ring (bicyclic) bond motifs is 1. The predicted octanol–water partition coefficient (Wildman–Crippen LogP) is 3.96. The minimum atomic E-state index is -0.0147. The van der Waals surface area contributed by atoms with Gasteiger partial charge in [-0.25, -0.2) is 4.68 Å². The third kappa shape index (κ3) is 4.08. The Morgan fingerprint density at radius 3 is 2.45 bits per heavy atom. The summed E-state index contributed by atoms with van der Waals surface area (Å²) >= 11 is 0. The number of aromatic hydroxyl groups is 1. The summed E-state index contributed by atoms with van der Waals surface area (Å²) in [5, 5.41) is 36.4. The summed E-state index contributed by atoms with van der Waals surface area (Å²) in [5.41, 5.74) is 4.33. The lowest BCUT2D eigenvalue weighted by molar-refractivity contribution is 0.127. The zero-order valence-electron chi connectivity index (χ0n) is 19.7. The van der Waals surface area contributed by atoms with E-state index in [1.807, 2.05) is 40.7 Å². The Morgan fingerprint density at radius 1 is 1.03 bits per heavy atom. The third-order valence-corrected chi connectivity index (χ3v) is 6.30. The van der Waals surface area contributed by atoms with E-state index in [0.717, 1.165) is 30.5 Å². The van der Waals surface area contributed by atoms with Gasteiger partial charge in [0.15, 0.2) is 0 Å². The number of aryl methyl sites for hydroxylation is 1. The van der Waals surface area contributed by atoms with Crippen molar-refractivity contribution in [2.45, 2.75) is 71.1 Å². The highest BCUT2D eigenvalue weighted by Crippen LogP contribution is 2.37. The molecule has 9 heteroatoms. The fourth-order valence-electron chi connectivity index (χ4n) is 5.18. The molecule has 1 aromatic carbocycles. The summed E-state index contributed by atoms with van der Waals surface area (Å²) in [6.07, 6.45) is 5.61. The van der Waals surface area contributed by atoms with Crippen molar-refractivity contribution in [3.63, 3.8) is 0 Å². The quantitative estimate of drug-likeness (QED) is 0.489. The van der Waals surface area contributed by atoms with Gasteiger partial charge in [-0.15, -0.1) is 15.3 Å². The number of phenolic OH excluding ortho intramolecular Hbond substituents is 1. The van der Waals surface area contributed by atoms with E-state index in [2.05, 4.69) is 58.6 Å². The molecule has 0 unspecified atom stereocenters. The molecule has 0 radical (unpaired) electrons. The molecule has 4 heterocycles. The molecule has 3 aromatic heterocycles. The Morgan fingerprint density at radius 2 is 1.79 bits per heavy atom. The van der Waals surface area contributed by atoms with E-state index >= 15 is 0 Å². The molecule has 1 saturated heterocycles. The molecule has 1 aliphatic rings. The zero-order chi connectivity index (χ0) is 23.4. The van der Waals surface area contributed by atoms with Crippen molar-refractivity contribution in [2.75, 3.05) is 0 Å². The van der Waals surface area contributed by atoms with Crippen molar-refractivity contribution in [1.82, 2.24) is 40.3 Å². The van der Waals surface area contributed by atoms with Crippen LogP contribution in [0.25, 0.3) is 33.5 Å². The van der Waals surface area contributed by atoms with Gasteiger partial charge in [0.2, 0.25) is 5.65 Å². The minimum absolute atomic E-state index is 0.0147. The van der Waals surface area contributed by atoms with Crippen LogP contribution in [0.1, 0.15) is 53.5 Å². The van der Waals surface area contributed by atoms with Gasteiger partial charge in [0.25, 0.3) is 0 Å². The largest absolute Gasteiger partial charge is 0.507 e. The number of rotatable bonds is 4. The molecule has 33 heavy (non-hydrogen) atoms. The highest BCUT2D eigenvalue weighted by atomic mass is 16.3. The van der Waals surface area contributed by atoms with Crippen molar-refractivity contribution >= 4 is 11.2 Å². The van der Waals surface area contributed by atoms with E-state index in [1.165, 1.54) is 0 Å². The minimum Gasteiger partial charge on any atom is -0.507 e. The normalized spacial score (nSPS) is 18.1. The van der Waals surface area contributed by atoms with Gasteiger partial charge in [0, 0.05) is 34.9 Å². The number of nitrogens with one attached hydrogen (secondary N) is 1. The average Bonchev–Trinajstić information content (AvgIpc) is 3.38. The standard InChI is InChI=1S/C24H30N8O/c1-6-31-14-16(13-25-31)15-7-8-18(21(33)9-15)19-10-20-22(28-26-19)32(30-27-20)17-11-23(2,3)29-24(4,5)12-17/h7-10,13-14,17,29,33H,6,11-12H2,1-5H3. The summed E-state index contributed by atoms with van der Waals surface area (Å²) in [7, 11) is 0. The molecule has 2 N–H and O–H groups in total. The fraction of sp³-hybridized carbons (Fsp3) is 0.458. The molecule has 0 amide bonds. The summed E-state index contributed by atoms with van der Waals surface area (Å²) in [6, 6.07) is 7.56. The maximum absolute atomic E-state index is 10.7. The fourth-order valence-corrected chi connectivity index (χ4v) is 5.18. The molecule has 0 aliphatic carbocycles. The van der Waals surface area contributed by atoms with E-state index < -0.39 is 0 Å². The van der Waals surface area contributed by atoms with Crippen LogP contribution in [0.5, 0.6) is 5.75 Å². The van der Waals surface area contributed by atoms with Crippen LogP contribution in [0.3, 0.4) is 0 Å². The molecule has 0 saturated carbocycles.